The highest BCUT2D eigenvalue weighted by molar-refractivity contribution is 6.10. The molecule has 0 bridgehead atoms. The molecule has 2 heteroatoms. The fraction of sp³-hybridized carbons (Fsp3) is 0.348. The standard InChI is InChI=1S/C46H50O2/c1-3-5-7-9-11-13-15-17-19-37-21-25-41(26-22-37)45(47)43-33-29-39(30-34-43)40-31-35-44(36-32-40)46(48)42-27-23-38(24-28-42)20-18-16-14-12-10-8-6-4-2/h21-36H,3-16H2,1-2H3. The molecule has 0 atom stereocenters. The van der Waals surface area contributed by atoms with Gasteiger partial charge in [-0.25, -0.2) is 0 Å². The Morgan fingerprint density at radius 1 is 0.396 bits per heavy atom. The number of carbonyl (C=O) groups excluding carboxylic acids is 2. The summed E-state index contributed by atoms with van der Waals surface area (Å²) in [6.07, 6.45) is 17.1. The summed E-state index contributed by atoms with van der Waals surface area (Å²) in [5, 5.41) is 0. The molecule has 0 spiro atoms. The molecule has 0 aliphatic heterocycles. The van der Waals surface area contributed by atoms with E-state index in [0.717, 1.165) is 47.9 Å². The van der Waals surface area contributed by atoms with Gasteiger partial charge in [0.05, 0.1) is 0 Å². The molecule has 0 amide bonds. The molecule has 0 heterocycles. The van der Waals surface area contributed by atoms with Gasteiger partial charge in [-0.2, -0.15) is 0 Å². The molecule has 48 heavy (non-hydrogen) atoms. The molecule has 4 rings (SSSR count). The Bertz CT molecular complexity index is 1550. The van der Waals surface area contributed by atoms with Crippen molar-refractivity contribution < 1.29 is 9.59 Å². The molecular formula is C46H50O2. The molecule has 2 nitrogen and oxygen atoms in total. The van der Waals surface area contributed by atoms with E-state index in [1.165, 1.54) is 64.2 Å². The van der Waals surface area contributed by atoms with Crippen LogP contribution in [0.5, 0.6) is 0 Å². The first-order valence-electron chi connectivity index (χ1n) is 18.1. The third-order valence-corrected chi connectivity index (χ3v) is 8.70. The molecule has 4 aromatic rings. The molecule has 4 aromatic carbocycles. The van der Waals surface area contributed by atoms with E-state index in [1.54, 1.807) is 0 Å². The topological polar surface area (TPSA) is 34.1 Å². The Labute approximate surface area is 289 Å². The summed E-state index contributed by atoms with van der Waals surface area (Å²) in [6.45, 7) is 4.48. The molecule has 0 saturated heterocycles. The number of ketones is 2. The number of hydrogen-bond acceptors (Lipinski definition) is 2. The summed E-state index contributed by atoms with van der Waals surface area (Å²) in [5.74, 6) is 13.0. The average Bonchev–Trinajstić information content (AvgIpc) is 3.14. The normalized spacial score (nSPS) is 10.5. The van der Waals surface area contributed by atoms with Gasteiger partial charge in [-0.3, -0.25) is 9.59 Å². The van der Waals surface area contributed by atoms with Gasteiger partial charge in [0.15, 0.2) is 11.6 Å². The molecule has 0 fully saturated rings. The fourth-order valence-electron chi connectivity index (χ4n) is 5.69. The van der Waals surface area contributed by atoms with Crippen molar-refractivity contribution in [3.05, 3.63) is 130 Å². The molecular weight excluding hydrogens is 585 g/mol. The van der Waals surface area contributed by atoms with Crippen LogP contribution < -0.4 is 0 Å². The van der Waals surface area contributed by atoms with Crippen LogP contribution in [0.1, 0.15) is 147 Å². The first-order valence-corrected chi connectivity index (χ1v) is 18.1. The lowest BCUT2D eigenvalue weighted by atomic mass is 9.97. The quantitative estimate of drug-likeness (QED) is 0.0658. The second kappa shape index (κ2) is 20.5. The Kier molecular flexibility index (Phi) is 15.5. The van der Waals surface area contributed by atoms with Gasteiger partial charge in [0, 0.05) is 46.2 Å². The summed E-state index contributed by atoms with van der Waals surface area (Å²) in [5.41, 5.74) is 6.45. The van der Waals surface area contributed by atoms with E-state index < -0.39 is 0 Å². The Morgan fingerprint density at radius 2 is 0.688 bits per heavy atom. The van der Waals surface area contributed by atoms with Crippen molar-refractivity contribution in [1.82, 2.24) is 0 Å². The zero-order valence-corrected chi connectivity index (χ0v) is 29.0. The van der Waals surface area contributed by atoms with E-state index in [1.807, 2.05) is 97.1 Å². The van der Waals surface area contributed by atoms with E-state index >= 15 is 0 Å². The Hall–Kier alpha value is -4.66. The third-order valence-electron chi connectivity index (χ3n) is 8.70. The third kappa shape index (κ3) is 11.9. The predicted octanol–water partition coefficient (Wildman–Crippen LogP) is 12.0. The molecule has 0 N–H and O–H groups in total. The van der Waals surface area contributed by atoms with Gasteiger partial charge in [-0.15, -0.1) is 0 Å². The van der Waals surface area contributed by atoms with Crippen LogP contribution in [0.15, 0.2) is 97.1 Å². The van der Waals surface area contributed by atoms with Crippen LogP contribution in [0.2, 0.25) is 0 Å². The first kappa shape index (κ1) is 36.2. The van der Waals surface area contributed by atoms with E-state index in [0.29, 0.717) is 22.3 Å². The number of unbranched alkanes of at least 4 members (excludes halogenated alkanes) is 12. The van der Waals surface area contributed by atoms with Crippen LogP contribution in [0, 0.1) is 23.7 Å². The second-order valence-corrected chi connectivity index (χ2v) is 12.6. The highest BCUT2D eigenvalue weighted by atomic mass is 16.1. The van der Waals surface area contributed by atoms with Gasteiger partial charge < -0.3 is 0 Å². The molecule has 0 aliphatic rings. The van der Waals surface area contributed by atoms with E-state index in [2.05, 4.69) is 37.5 Å². The first-order chi connectivity index (χ1) is 23.6. The lowest BCUT2D eigenvalue weighted by Crippen LogP contribution is -2.01. The number of carbonyl (C=O) groups is 2. The maximum Gasteiger partial charge on any atom is 0.193 e. The van der Waals surface area contributed by atoms with Crippen molar-refractivity contribution in [3.63, 3.8) is 0 Å². The van der Waals surface area contributed by atoms with Gasteiger partial charge >= 0.3 is 0 Å². The van der Waals surface area contributed by atoms with Crippen molar-refractivity contribution >= 4 is 11.6 Å². The molecule has 0 saturated carbocycles. The van der Waals surface area contributed by atoms with Crippen LogP contribution in [0.4, 0.5) is 0 Å². The van der Waals surface area contributed by atoms with Crippen LogP contribution in [0.3, 0.4) is 0 Å². The summed E-state index contributed by atoms with van der Waals surface area (Å²) >= 11 is 0. The van der Waals surface area contributed by atoms with E-state index in [9.17, 15) is 9.59 Å². The zero-order valence-electron chi connectivity index (χ0n) is 29.0. The highest BCUT2D eigenvalue weighted by Crippen LogP contribution is 2.23. The number of rotatable bonds is 17. The predicted molar refractivity (Wildman–Crippen MR) is 201 cm³/mol. The van der Waals surface area contributed by atoms with E-state index in [-0.39, 0.29) is 11.6 Å². The lowest BCUT2D eigenvalue weighted by molar-refractivity contribution is 0.103. The number of hydrogen-bond donors (Lipinski definition) is 0. The maximum atomic E-state index is 13.1. The molecule has 246 valence electrons. The van der Waals surface area contributed by atoms with Crippen LogP contribution in [0.25, 0.3) is 11.1 Å². The van der Waals surface area contributed by atoms with Crippen molar-refractivity contribution in [2.75, 3.05) is 0 Å². The summed E-state index contributed by atoms with van der Waals surface area (Å²) in [6, 6.07) is 30.4. The molecule has 0 unspecified atom stereocenters. The minimum Gasteiger partial charge on any atom is -0.289 e. The lowest BCUT2D eigenvalue weighted by Gasteiger charge is -2.07. The van der Waals surface area contributed by atoms with Crippen LogP contribution >= 0.6 is 0 Å². The largest absolute Gasteiger partial charge is 0.289 e. The van der Waals surface area contributed by atoms with Gasteiger partial charge in [0.25, 0.3) is 0 Å². The monoisotopic (exact) mass is 634 g/mol. The fourth-order valence-corrected chi connectivity index (χ4v) is 5.69. The minimum atomic E-state index is -0.0103. The van der Waals surface area contributed by atoms with Crippen LogP contribution in [-0.2, 0) is 0 Å². The molecule has 0 aromatic heterocycles. The second-order valence-electron chi connectivity index (χ2n) is 12.6. The average molecular weight is 635 g/mol. The molecule has 0 radical (unpaired) electrons. The summed E-state index contributed by atoms with van der Waals surface area (Å²) in [4.78, 5) is 26.3. The maximum absolute atomic E-state index is 13.1. The minimum absolute atomic E-state index is 0.0103. The van der Waals surface area contributed by atoms with Gasteiger partial charge in [-0.05, 0) is 72.5 Å². The summed E-state index contributed by atoms with van der Waals surface area (Å²) in [7, 11) is 0. The van der Waals surface area contributed by atoms with Gasteiger partial charge in [0.2, 0.25) is 0 Å². The van der Waals surface area contributed by atoms with Crippen molar-refractivity contribution in [3.8, 4) is 34.8 Å². The SMILES string of the molecule is CCCCCCCCC#Cc1ccc(C(=O)c2ccc(-c3ccc(C(=O)c4ccc(C#CCCCCCCCC)cc4)cc3)cc2)cc1. The van der Waals surface area contributed by atoms with Crippen molar-refractivity contribution in [2.24, 2.45) is 0 Å². The highest BCUT2D eigenvalue weighted by Gasteiger charge is 2.11. The van der Waals surface area contributed by atoms with Crippen molar-refractivity contribution in [1.29, 1.82) is 0 Å². The van der Waals surface area contributed by atoms with Crippen LogP contribution in [-0.4, -0.2) is 11.6 Å². The Morgan fingerprint density at radius 3 is 1.02 bits per heavy atom. The molecule has 0 aliphatic carbocycles. The van der Waals surface area contributed by atoms with E-state index in [4.69, 9.17) is 0 Å². The summed E-state index contributed by atoms with van der Waals surface area (Å²) < 4.78 is 0. The zero-order chi connectivity index (χ0) is 33.8. The smallest absolute Gasteiger partial charge is 0.193 e. The Balaban J connectivity index is 1.26. The van der Waals surface area contributed by atoms with Crippen molar-refractivity contribution in [2.45, 2.75) is 104 Å². The van der Waals surface area contributed by atoms with Gasteiger partial charge in [0.1, 0.15) is 0 Å². The van der Waals surface area contributed by atoms with Gasteiger partial charge in [-0.1, -0.05) is 150 Å². The number of benzene rings is 4.